The zero-order valence-electron chi connectivity index (χ0n) is 11.2. The quantitative estimate of drug-likeness (QED) is 0.404. The van der Waals surface area contributed by atoms with Gasteiger partial charge in [0.05, 0.1) is 0 Å². The predicted molar refractivity (Wildman–Crippen MR) is 69.4 cm³/mol. The normalized spacial score (nSPS) is 11.2. The molecule has 1 N–H and O–H groups in total. The van der Waals surface area contributed by atoms with E-state index < -0.39 is 0 Å². The second-order valence-corrected chi connectivity index (χ2v) is 4.68. The topological polar surface area (TPSA) is 29.5 Å². The maximum absolute atomic E-state index is 8.59. The highest BCUT2D eigenvalue weighted by Gasteiger charge is 2.08. The van der Waals surface area contributed by atoms with Crippen molar-refractivity contribution in [3.63, 3.8) is 0 Å². The Kier molecular flexibility index (Phi) is 12.9. The first-order chi connectivity index (χ1) is 7.85. The SMILES string of the molecule is CCCCCC(CCCCC)CCOCO. The summed E-state index contributed by atoms with van der Waals surface area (Å²) in [6.45, 7) is 5.10. The number of hydrogen-bond donors (Lipinski definition) is 1. The van der Waals surface area contributed by atoms with Crippen molar-refractivity contribution >= 4 is 0 Å². The van der Waals surface area contributed by atoms with Crippen LogP contribution in [0.15, 0.2) is 0 Å². The summed E-state index contributed by atoms with van der Waals surface area (Å²) in [5.74, 6) is 0.810. The number of aliphatic hydroxyl groups excluding tert-OH is 1. The van der Waals surface area contributed by atoms with Gasteiger partial charge in [0.15, 0.2) is 0 Å². The van der Waals surface area contributed by atoms with Crippen molar-refractivity contribution < 1.29 is 9.84 Å². The summed E-state index contributed by atoms with van der Waals surface area (Å²) < 4.78 is 5.03. The van der Waals surface area contributed by atoms with Gasteiger partial charge in [0.25, 0.3) is 0 Å². The van der Waals surface area contributed by atoms with Gasteiger partial charge in [0, 0.05) is 6.61 Å². The first kappa shape index (κ1) is 15.9. The Labute approximate surface area is 101 Å². The van der Waals surface area contributed by atoms with Gasteiger partial charge in [-0.05, 0) is 12.3 Å². The van der Waals surface area contributed by atoms with Gasteiger partial charge in [0.2, 0.25) is 0 Å². The van der Waals surface area contributed by atoms with E-state index in [1.807, 2.05) is 0 Å². The molecule has 0 unspecified atom stereocenters. The van der Waals surface area contributed by atoms with Gasteiger partial charge in [0.1, 0.15) is 6.79 Å². The van der Waals surface area contributed by atoms with Crippen LogP contribution >= 0.6 is 0 Å². The predicted octanol–water partition coefficient (Wildman–Crippen LogP) is 4.12. The van der Waals surface area contributed by atoms with Crippen LogP contribution in [0.25, 0.3) is 0 Å². The van der Waals surface area contributed by atoms with Crippen LogP contribution in [0.1, 0.15) is 71.6 Å². The van der Waals surface area contributed by atoms with Crippen molar-refractivity contribution in [2.75, 3.05) is 13.4 Å². The Hall–Kier alpha value is -0.0800. The van der Waals surface area contributed by atoms with E-state index in [1.54, 1.807) is 0 Å². The van der Waals surface area contributed by atoms with Gasteiger partial charge < -0.3 is 9.84 Å². The highest BCUT2D eigenvalue weighted by atomic mass is 16.6. The molecule has 0 heterocycles. The summed E-state index contributed by atoms with van der Waals surface area (Å²) in [7, 11) is 0. The molecule has 0 atom stereocenters. The van der Waals surface area contributed by atoms with Crippen LogP contribution in [0.4, 0.5) is 0 Å². The molecule has 2 nitrogen and oxygen atoms in total. The Morgan fingerprint density at radius 1 is 0.875 bits per heavy atom. The molecule has 0 aliphatic heterocycles. The average Bonchev–Trinajstić information content (AvgIpc) is 2.29. The van der Waals surface area contributed by atoms with E-state index in [0.717, 1.165) is 18.9 Å². The molecule has 98 valence electrons. The number of aliphatic hydroxyl groups is 1. The van der Waals surface area contributed by atoms with Gasteiger partial charge in [-0.2, -0.15) is 0 Å². The third-order valence-corrected chi connectivity index (χ3v) is 3.19. The molecule has 0 aromatic carbocycles. The fraction of sp³-hybridized carbons (Fsp3) is 1.00. The number of ether oxygens (including phenoxy) is 1. The van der Waals surface area contributed by atoms with Crippen LogP contribution in [-0.4, -0.2) is 18.5 Å². The zero-order chi connectivity index (χ0) is 12.1. The molecular formula is C14H30O2. The fourth-order valence-electron chi connectivity index (χ4n) is 2.11. The van der Waals surface area contributed by atoms with Crippen LogP contribution in [-0.2, 0) is 4.74 Å². The van der Waals surface area contributed by atoms with E-state index in [0.29, 0.717) is 0 Å². The van der Waals surface area contributed by atoms with Gasteiger partial charge in [-0.3, -0.25) is 0 Å². The van der Waals surface area contributed by atoms with Crippen molar-refractivity contribution in [3.05, 3.63) is 0 Å². The molecule has 0 aliphatic carbocycles. The maximum atomic E-state index is 8.59. The van der Waals surface area contributed by atoms with Gasteiger partial charge in [-0.15, -0.1) is 0 Å². The lowest BCUT2D eigenvalue weighted by molar-refractivity contribution is -0.00742. The largest absolute Gasteiger partial charge is 0.371 e. The van der Waals surface area contributed by atoms with E-state index >= 15 is 0 Å². The molecule has 0 amide bonds. The minimum absolute atomic E-state index is 0.128. The molecule has 2 heteroatoms. The zero-order valence-corrected chi connectivity index (χ0v) is 11.2. The second-order valence-electron chi connectivity index (χ2n) is 4.68. The van der Waals surface area contributed by atoms with Crippen LogP contribution in [0.3, 0.4) is 0 Å². The number of rotatable bonds is 12. The molecule has 0 bridgehead atoms. The summed E-state index contributed by atoms with van der Waals surface area (Å²) >= 11 is 0. The molecule has 0 aromatic heterocycles. The maximum Gasteiger partial charge on any atom is 0.143 e. The number of hydrogen-bond acceptors (Lipinski definition) is 2. The van der Waals surface area contributed by atoms with Crippen LogP contribution in [0, 0.1) is 5.92 Å². The van der Waals surface area contributed by atoms with Crippen molar-refractivity contribution in [1.82, 2.24) is 0 Å². The highest BCUT2D eigenvalue weighted by Crippen LogP contribution is 2.20. The van der Waals surface area contributed by atoms with Gasteiger partial charge >= 0.3 is 0 Å². The van der Waals surface area contributed by atoms with E-state index in [1.165, 1.54) is 51.4 Å². The Bertz CT molecular complexity index is 102. The molecule has 0 rings (SSSR count). The minimum atomic E-state index is -0.128. The van der Waals surface area contributed by atoms with Crippen LogP contribution < -0.4 is 0 Å². The Balaban J connectivity index is 3.58. The molecule has 0 aromatic rings. The summed E-state index contributed by atoms with van der Waals surface area (Å²) in [6, 6.07) is 0. The molecule has 0 saturated carbocycles. The summed E-state index contributed by atoms with van der Waals surface area (Å²) in [5.41, 5.74) is 0. The lowest BCUT2D eigenvalue weighted by atomic mass is 9.92. The van der Waals surface area contributed by atoms with E-state index in [9.17, 15) is 0 Å². The number of unbranched alkanes of at least 4 members (excludes halogenated alkanes) is 4. The van der Waals surface area contributed by atoms with Gasteiger partial charge in [-0.25, -0.2) is 0 Å². The Morgan fingerprint density at radius 2 is 1.44 bits per heavy atom. The Morgan fingerprint density at radius 3 is 1.88 bits per heavy atom. The average molecular weight is 230 g/mol. The van der Waals surface area contributed by atoms with Crippen molar-refractivity contribution in [2.24, 2.45) is 5.92 Å². The van der Waals surface area contributed by atoms with Crippen LogP contribution in [0.5, 0.6) is 0 Å². The monoisotopic (exact) mass is 230 g/mol. The molecule has 0 radical (unpaired) electrons. The standard InChI is InChI=1S/C14H30O2/c1-3-5-7-9-14(10-8-6-4-2)11-12-16-13-15/h14-15H,3-13H2,1-2H3. The smallest absolute Gasteiger partial charge is 0.143 e. The van der Waals surface area contributed by atoms with E-state index in [2.05, 4.69) is 13.8 Å². The first-order valence-electron chi connectivity index (χ1n) is 7.03. The molecule has 16 heavy (non-hydrogen) atoms. The molecule has 0 aliphatic rings. The molecule has 0 spiro atoms. The second kappa shape index (κ2) is 13.0. The summed E-state index contributed by atoms with van der Waals surface area (Å²) in [5, 5.41) is 8.59. The lowest BCUT2D eigenvalue weighted by Crippen LogP contribution is -2.06. The lowest BCUT2D eigenvalue weighted by Gasteiger charge is -2.16. The highest BCUT2D eigenvalue weighted by molar-refractivity contribution is 4.60. The van der Waals surface area contributed by atoms with E-state index in [-0.39, 0.29) is 6.79 Å². The van der Waals surface area contributed by atoms with Gasteiger partial charge in [-0.1, -0.05) is 65.2 Å². The summed E-state index contributed by atoms with van der Waals surface area (Å²) in [4.78, 5) is 0. The first-order valence-corrected chi connectivity index (χ1v) is 7.03. The third-order valence-electron chi connectivity index (χ3n) is 3.19. The molecular weight excluding hydrogens is 200 g/mol. The van der Waals surface area contributed by atoms with Crippen molar-refractivity contribution in [2.45, 2.75) is 71.6 Å². The van der Waals surface area contributed by atoms with Crippen molar-refractivity contribution in [3.8, 4) is 0 Å². The molecule has 0 saturated heterocycles. The fourth-order valence-corrected chi connectivity index (χ4v) is 2.11. The van der Waals surface area contributed by atoms with Crippen molar-refractivity contribution in [1.29, 1.82) is 0 Å². The minimum Gasteiger partial charge on any atom is -0.371 e. The summed E-state index contributed by atoms with van der Waals surface area (Å²) in [6.07, 6.45) is 11.8. The molecule has 0 fully saturated rings. The van der Waals surface area contributed by atoms with E-state index in [4.69, 9.17) is 9.84 Å². The third kappa shape index (κ3) is 10.4. The van der Waals surface area contributed by atoms with Crippen LogP contribution in [0.2, 0.25) is 0 Å².